The van der Waals surface area contributed by atoms with Crippen molar-refractivity contribution >= 4 is 32.9 Å². The van der Waals surface area contributed by atoms with Crippen LogP contribution in [0.4, 0.5) is 0 Å². The maximum Gasteiger partial charge on any atom is 0.157 e. The van der Waals surface area contributed by atoms with Crippen LogP contribution in [-0.2, 0) is 6.42 Å². The SMILES string of the molecule is Brc1ccc2c(c1)C(NC1=NCCS1)CC2. The largest absolute Gasteiger partial charge is 0.358 e. The number of hydrogen-bond donors (Lipinski definition) is 1. The molecule has 1 atom stereocenters. The molecule has 1 N–H and O–H groups in total. The van der Waals surface area contributed by atoms with Gasteiger partial charge in [0.1, 0.15) is 0 Å². The van der Waals surface area contributed by atoms with E-state index in [2.05, 4.69) is 44.4 Å². The average Bonchev–Trinajstić information content (AvgIpc) is 2.90. The summed E-state index contributed by atoms with van der Waals surface area (Å²) in [7, 11) is 0. The van der Waals surface area contributed by atoms with Crippen molar-refractivity contribution in [1.29, 1.82) is 0 Å². The summed E-state index contributed by atoms with van der Waals surface area (Å²) < 4.78 is 1.17. The predicted molar refractivity (Wildman–Crippen MR) is 73.1 cm³/mol. The van der Waals surface area contributed by atoms with E-state index in [0.29, 0.717) is 6.04 Å². The topological polar surface area (TPSA) is 24.4 Å². The Kier molecular flexibility index (Phi) is 2.94. The fraction of sp³-hybridized carbons (Fsp3) is 0.417. The van der Waals surface area contributed by atoms with Gasteiger partial charge >= 0.3 is 0 Å². The third kappa shape index (κ3) is 2.00. The Morgan fingerprint density at radius 2 is 2.38 bits per heavy atom. The van der Waals surface area contributed by atoms with Crippen LogP contribution in [0.15, 0.2) is 27.7 Å². The highest BCUT2D eigenvalue weighted by Gasteiger charge is 2.24. The second kappa shape index (κ2) is 4.41. The minimum atomic E-state index is 0.455. The fourth-order valence-corrected chi connectivity index (χ4v) is 3.46. The van der Waals surface area contributed by atoms with Crippen LogP contribution in [0.3, 0.4) is 0 Å². The van der Waals surface area contributed by atoms with Crippen molar-refractivity contribution in [3.8, 4) is 0 Å². The van der Waals surface area contributed by atoms with E-state index < -0.39 is 0 Å². The highest BCUT2D eigenvalue weighted by Crippen LogP contribution is 2.33. The molecule has 0 saturated heterocycles. The van der Waals surface area contributed by atoms with Crippen molar-refractivity contribution in [3.05, 3.63) is 33.8 Å². The maximum absolute atomic E-state index is 4.45. The van der Waals surface area contributed by atoms with Crippen LogP contribution in [0.5, 0.6) is 0 Å². The van der Waals surface area contributed by atoms with E-state index in [1.165, 1.54) is 28.4 Å². The molecule has 1 unspecified atom stereocenters. The standard InChI is InChI=1S/C12H13BrN2S/c13-9-3-1-8-2-4-11(10(8)7-9)15-12-14-5-6-16-12/h1,3,7,11H,2,4-6H2,(H,14,15). The molecule has 2 nitrogen and oxygen atoms in total. The highest BCUT2D eigenvalue weighted by atomic mass is 79.9. The Morgan fingerprint density at radius 3 is 3.19 bits per heavy atom. The van der Waals surface area contributed by atoms with Gasteiger partial charge in [0.2, 0.25) is 0 Å². The molecule has 0 amide bonds. The number of fused-ring (bicyclic) bond motifs is 1. The van der Waals surface area contributed by atoms with Gasteiger partial charge < -0.3 is 5.32 Å². The number of benzene rings is 1. The van der Waals surface area contributed by atoms with Crippen molar-refractivity contribution < 1.29 is 0 Å². The molecule has 1 aromatic rings. The molecule has 0 spiro atoms. The molecular formula is C12H13BrN2S. The van der Waals surface area contributed by atoms with Crippen molar-refractivity contribution in [2.75, 3.05) is 12.3 Å². The molecule has 4 heteroatoms. The zero-order valence-electron chi connectivity index (χ0n) is 8.87. The van der Waals surface area contributed by atoms with E-state index in [1.807, 2.05) is 11.8 Å². The van der Waals surface area contributed by atoms with Crippen molar-refractivity contribution in [2.45, 2.75) is 18.9 Å². The molecule has 0 fully saturated rings. The molecule has 1 aliphatic carbocycles. The smallest absolute Gasteiger partial charge is 0.157 e. The predicted octanol–water partition coefficient (Wildman–Crippen LogP) is 3.13. The molecule has 16 heavy (non-hydrogen) atoms. The van der Waals surface area contributed by atoms with Gasteiger partial charge in [0.15, 0.2) is 5.17 Å². The quantitative estimate of drug-likeness (QED) is 0.861. The Hall–Kier alpha value is -0.480. The van der Waals surface area contributed by atoms with Crippen LogP contribution >= 0.6 is 27.7 Å². The normalized spacial score (nSPS) is 23.1. The minimum Gasteiger partial charge on any atom is -0.358 e. The summed E-state index contributed by atoms with van der Waals surface area (Å²) in [5.41, 5.74) is 2.91. The Bertz CT molecular complexity index is 445. The van der Waals surface area contributed by atoms with E-state index in [9.17, 15) is 0 Å². The van der Waals surface area contributed by atoms with Gasteiger partial charge in [-0.2, -0.15) is 0 Å². The first-order valence-corrected chi connectivity index (χ1v) is 7.33. The molecule has 0 radical (unpaired) electrons. The Morgan fingerprint density at radius 1 is 1.44 bits per heavy atom. The summed E-state index contributed by atoms with van der Waals surface area (Å²) in [5, 5.41) is 4.68. The van der Waals surface area contributed by atoms with Gasteiger partial charge in [-0.3, -0.25) is 4.99 Å². The van der Waals surface area contributed by atoms with Crippen molar-refractivity contribution in [3.63, 3.8) is 0 Å². The van der Waals surface area contributed by atoms with Gasteiger partial charge in [0.25, 0.3) is 0 Å². The van der Waals surface area contributed by atoms with Crippen LogP contribution < -0.4 is 5.32 Å². The van der Waals surface area contributed by atoms with E-state index >= 15 is 0 Å². The number of rotatable bonds is 1. The molecular weight excluding hydrogens is 284 g/mol. The summed E-state index contributed by atoms with van der Waals surface area (Å²) in [6, 6.07) is 7.05. The molecule has 1 aromatic carbocycles. The highest BCUT2D eigenvalue weighted by molar-refractivity contribution is 9.10. The van der Waals surface area contributed by atoms with Gasteiger partial charge in [-0.25, -0.2) is 0 Å². The number of hydrogen-bond acceptors (Lipinski definition) is 3. The molecule has 2 aliphatic rings. The summed E-state index contributed by atoms with van der Waals surface area (Å²) in [6.07, 6.45) is 2.36. The van der Waals surface area contributed by atoms with Crippen LogP contribution in [0, 0.1) is 0 Å². The summed E-state index contributed by atoms with van der Waals surface area (Å²) >= 11 is 5.38. The van der Waals surface area contributed by atoms with Gasteiger partial charge in [-0.1, -0.05) is 33.8 Å². The number of nitrogens with one attached hydrogen (secondary N) is 1. The lowest BCUT2D eigenvalue weighted by molar-refractivity contribution is 0.644. The molecule has 0 bridgehead atoms. The average molecular weight is 297 g/mol. The zero-order valence-corrected chi connectivity index (χ0v) is 11.3. The number of halogens is 1. The first-order valence-electron chi connectivity index (χ1n) is 5.55. The number of nitrogens with zero attached hydrogens (tertiary/aromatic N) is 1. The van der Waals surface area contributed by atoms with Crippen molar-refractivity contribution in [1.82, 2.24) is 5.32 Å². The first-order chi connectivity index (χ1) is 7.83. The van der Waals surface area contributed by atoms with E-state index in [0.717, 1.165) is 17.5 Å². The van der Waals surface area contributed by atoms with E-state index in [4.69, 9.17) is 0 Å². The third-order valence-corrected chi connectivity index (χ3v) is 4.47. The van der Waals surface area contributed by atoms with Crippen LogP contribution in [0.1, 0.15) is 23.6 Å². The van der Waals surface area contributed by atoms with E-state index in [1.54, 1.807) is 0 Å². The van der Waals surface area contributed by atoms with Gasteiger partial charge in [0, 0.05) is 10.2 Å². The summed E-state index contributed by atoms with van der Waals surface area (Å²) in [4.78, 5) is 4.45. The monoisotopic (exact) mass is 296 g/mol. The third-order valence-electron chi connectivity index (χ3n) is 3.07. The first kappa shape index (κ1) is 10.7. The lowest BCUT2D eigenvalue weighted by atomic mass is 10.1. The Balaban J connectivity index is 1.82. The molecule has 1 aliphatic heterocycles. The van der Waals surface area contributed by atoms with Crippen LogP contribution in [-0.4, -0.2) is 17.5 Å². The van der Waals surface area contributed by atoms with Crippen molar-refractivity contribution in [2.24, 2.45) is 4.99 Å². The van der Waals surface area contributed by atoms with Gasteiger partial charge in [0.05, 0.1) is 12.6 Å². The number of amidine groups is 1. The minimum absolute atomic E-state index is 0.455. The summed E-state index contributed by atoms with van der Waals surface area (Å²) in [6.45, 7) is 0.963. The molecule has 0 saturated carbocycles. The molecule has 84 valence electrons. The lowest BCUT2D eigenvalue weighted by Crippen LogP contribution is -2.23. The molecule has 0 aromatic heterocycles. The van der Waals surface area contributed by atoms with Gasteiger partial charge in [-0.15, -0.1) is 0 Å². The maximum atomic E-state index is 4.45. The number of aryl methyl sites for hydroxylation is 1. The fourth-order valence-electron chi connectivity index (χ4n) is 2.29. The van der Waals surface area contributed by atoms with Crippen LogP contribution in [0.25, 0.3) is 0 Å². The number of aliphatic imine (C=N–C) groups is 1. The second-order valence-corrected chi connectivity index (χ2v) is 6.11. The zero-order chi connectivity index (χ0) is 11.0. The molecule has 3 rings (SSSR count). The van der Waals surface area contributed by atoms with E-state index in [-0.39, 0.29) is 0 Å². The second-order valence-electron chi connectivity index (χ2n) is 4.11. The van der Waals surface area contributed by atoms with Crippen LogP contribution in [0.2, 0.25) is 0 Å². The molecule has 1 heterocycles. The lowest BCUT2D eigenvalue weighted by Gasteiger charge is -2.14. The number of thioether (sulfide) groups is 1. The van der Waals surface area contributed by atoms with Gasteiger partial charge in [-0.05, 0) is 36.1 Å². The Labute approximate surface area is 108 Å². The summed E-state index contributed by atoms with van der Waals surface area (Å²) in [5.74, 6) is 1.13.